The van der Waals surface area contributed by atoms with Crippen LogP contribution in [0.1, 0.15) is 55.1 Å². The minimum Gasteiger partial charge on any atom is -0.349 e. The number of hydrogen-bond donors (Lipinski definition) is 1. The topological polar surface area (TPSA) is 59.8 Å². The van der Waals surface area contributed by atoms with E-state index in [1.165, 1.54) is 19.3 Å². The third kappa shape index (κ3) is 3.46. The van der Waals surface area contributed by atoms with E-state index in [0.29, 0.717) is 5.56 Å². The van der Waals surface area contributed by atoms with Crippen molar-refractivity contribution in [3.8, 4) is 11.3 Å². The van der Waals surface area contributed by atoms with Gasteiger partial charge in [0.1, 0.15) is 0 Å². The molecule has 140 valence electrons. The second-order valence-electron chi connectivity index (χ2n) is 7.34. The highest BCUT2D eigenvalue weighted by atomic mass is 16.1. The summed E-state index contributed by atoms with van der Waals surface area (Å²) in [6, 6.07) is 10.1. The zero-order valence-electron chi connectivity index (χ0n) is 16.0. The number of hydrogen-bond acceptors (Lipinski definition) is 3. The van der Waals surface area contributed by atoms with E-state index in [2.05, 4.69) is 17.3 Å². The summed E-state index contributed by atoms with van der Waals surface area (Å²) in [6.45, 7) is 4.93. The summed E-state index contributed by atoms with van der Waals surface area (Å²) in [4.78, 5) is 17.9. The molecule has 27 heavy (non-hydrogen) atoms. The number of pyridine rings is 1. The Morgan fingerprint density at radius 3 is 2.74 bits per heavy atom. The molecule has 0 bridgehead atoms. The van der Waals surface area contributed by atoms with Gasteiger partial charge >= 0.3 is 0 Å². The van der Waals surface area contributed by atoms with Gasteiger partial charge in [0.25, 0.3) is 5.91 Å². The fourth-order valence-corrected chi connectivity index (χ4v) is 4.03. The quantitative estimate of drug-likeness (QED) is 0.744. The van der Waals surface area contributed by atoms with Crippen LogP contribution in [-0.2, 0) is 6.54 Å². The van der Waals surface area contributed by atoms with Crippen LogP contribution in [0.3, 0.4) is 0 Å². The summed E-state index contributed by atoms with van der Waals surface area (Å²) in [5.74, 6) is 0.00212. The number of benzene rings is 1. The van der Waals surface area contributed by atoms with Gasteiger partial charge < -0.3 is 5.32 Å². The molecule has 0 radical (unpaired) electrons. The average molecular weight is 362 g/mol. The molecule has 1 N–H and O–H groups in total. The van der Waals surface area contributed by atoms with Crippen LogP contribution >= 0.6 is 0 Å². The largest absolute Gasteiger partial charge is 0.349 e. The Morgan fingerprint density at radius 1 is 1.22 bits per heavy atom. The van der Waals surface area contributed by atoms with Crippen molar-refractivity contribution in [3.63, 3.8) is 0 Å². The first-order valence-electron chi connectivity index (χ1n) is 9.91. The van der Waals surface area contributed by atoms with Crippen LogP contribution < -0.4 is 5.32 Å². The zero-order chi connectivity index (χ0) is 18.8. The van der Waals surface area contributed by atoms with Crippen molar-refractivity contribution in [2.75, 3.05) is 0 Å². The Bertz CT molecular complexity index is 970. The van der Waals surface area contributed by atoms with Crippen LogP contribution in [0, 0.1) is 6.92 Å². The number of carbonyl (C=O) groups excluding carboxylic acids is 1. The maximum absolute atomic E-state index is 13.1. The molecule has 2 aromatic heterocycles. The SMILES string of the molecule is CCn1ncc(-c2cc(C(=O)NC3CCCCC3)c3ccccc3n2)c1C. The van der Waals surface area contributed by atoms with Crippen LogP contribution in [0.15, 0.2) is 36.5 Å². The second kappa shape index (κ2) is 7.51. The lowest BCUT2D eigenvalue weighted by molar-refractivity contribution is 0.0929. The minimum atomic E-state index is 0.00212. The lowest BCUT2D eigenvalue weighted by Gasteiger charge is -2.23. The van der Waals surface area contributed by atoms with Gasteiger partial charge in [-0.25, -0.2) is 4.98 Å². The molecule has 4 rings (SSSR count). The van der Waals surface area contributed by atoms with Gasteiger partial charge in [-0.05, 0) is 38.8 Å². The molecule has 1 amide bonds. The predicted molar refractivity (Wildman–Crippen MR) is 108 cm³/mol. The lowest BCUT2D eigenvalue weighted by atomic mass is 9.95. The van der Waals surface area contributed by atoms with Crippen molar-refractivity contribution in [3.05, 3.63) is 47.8 Å². The van der Waals surface area contributed by atoms with Crippen molar-refractivity contribution >= 4 is 16.8 Å². The molecular weight excluding hydrogens is 336 g/mol. The van der Waals surface area contributed by atoms with E-state index < -0.39 is 0 Å². The fourth-order valence-electron chi connectivity index (χ4n) is 4.03. The molecule has 3 aromatic rings. The number of nitrogens with one attached hydrogen (secondary N) is 1. The normalized spacial score (nSPS) is 15.2. The van der Waals surface area contributed by atoms with Crippen molar-refractivity contribution in [1.29, 1.82) is 0 Å². The van der Waals surface area contributed by atoms with E-state index in [1.807, 2.05) is 48.1 Å². The highest BCUT2D eigenvalue weighted by Crippen LogP contribution is 2.27. The molecular formula is C22H26N4O. The average Bonchev–Trinajstić information content (AvgIpc) is 3.08. The number of para-hydroxylation sites is 1. The van der Waals surface area contributed by atoms with E-state index in [-0.39, 0.29) is 11.9 Å². The maximum Gasteiger partial charge on any atom is 0.252 e. The second-order valence-corrected chi connectivity index (χ2v) is 7.34. The molecule has 1 aliphatic carbocycles. The Balaban J connectivity index is 1.76. The first kappa shape index (κ1) is 17.7. The predicted octanol–water partition coefficient (Wildman–Crippen LogP) is 4.49. The van der Waals surface area contributed by atoms with Crippen LogP contribution in [0.4, 0.5) is 0 Å². The zero-order valence-corrected chi connectivity index (χ0v) is 16.0. The Hall–Kier alpha value is -2.69. The van der Waals surface area contributed by atoms with E-state index in [9.17, 15) is 4.79 Å². The van der Waals surface area contributed by atoms with E-state index in [1.54, 1.807) is 0 Å². The minimum absolute atomic E-state index is 0.00212. The van der Waals surface area contributed by atoms with Crippen molar-refractivity contribution in [2.24, 2.45) is 0 Å². The summed E-state index contributed by atoms with van der Waals surface area (Å²) in [5.41, 5.74) is 4.39. The number of nitrogens with zero attached hydrogens (tertiary/aromatic N) is 3. The van der Waals surface area contributed by atoms with Crippen molar-refractivity contribution < 1.29 is 4.79 Å². The van der Waals surface area contributed by atoms with Crippen LogP contribution in [0.2, 0.25) is 0 Å². The molecule has 5 nitrogen and oxygen atoms in total. The Labute approximate surface area is 159 Å². The fraction of sp³-hybridized carbons (Fsp3) is 0.409. The molecule has 0 spiro atoms. The summed E-state index contributed by atoms with van der Waals surface area (Å²) in [5, 5.41) is 8.58. The summed E-state index contributed by atoms with van der Waals surface area (Å²) in [6.07, 6.45) is 7.66. The molecule has 0 atom stereocenters. The number of carbonyl (C=O) groups is 1. The van der Waals surface area contributed by atoms with Crippen molar-refractivity contribution in [1.82, 2.24) is 20.1 Å². The van der Waals surface area contributed by atoms with Gasteiger partial charge in [0.2, 0.25) is 0 Å². The summed E-state index contributed by atoms with van der Waals surface area (Å²) < 4.78 is 1.95. The third-order valence-electron chi connectivity index (χ3n) is 5.58. The maximum atomic E-state index is 13.1. The smallest absolute Gasteiger partial charge is 0.252 e. The molecule has 5 heteroatoms. The third-order valence-corrected chi connectivity index (χ3v) is 5.58. The Morgan fingerprint density at radius 2 is 2.00 bits per heavy atom. The van der Waals surface area contributed by atoms with Gasteiger partial charge in [-0.1, -0.05) is 37.5 Å². The molecule has 1 saturated carbocycles. The monoisotopic (exact) mass is 362 g/mol. The van der Waals surface area contributed by atoms with E-state index in [0.717, 1.165) is 47.2 Å². The van der Waals surface area contributed by atoms with Gasteiger partial charge in [0.05, 0.1) is 23.0 Å². The number of rotatable bonds is 4. The molecule has 0 aliphatic heterocycles. The van der Waals surface area contributed by atoms with E-state index >= 15 is 0 Å². The summed E-state index contributed by atoms with van der Waals surface area (Å²) >= 11 is 0. The number of fused-ring (bicyclic) bond motifs is 1. The van der Waals surface area contributed by atoms with Gasteiger partial charge in [0.15, 0.2) is 0 Å². The molecule has 1 fully saturated rings. The molecule has 0 unspecified atom stereocenters. The highest BCUT2D eigenvalue weighted by molar-refractivity contribution is 6.07. The molecule has 1 aliphatic rings. The van der Waals surface area contributed by atoms with Gasteiger partial charge in [-0.15, -0.1) is 0 Å². The van der Waals surface area contributed by atoms with Crippen LogP contribution in [0.25, 0.3) is 22.2 Å². The Kier molecular flexibility index (Phi) is 4.92. The highest BCUT2D eigenvalue weighted by Gasteiger charge is 2.20. The molecule has 2 heterocycles. The molecule has 0 saturated heterocycles. The van der Waals surface area contributed by atoms with Crippen LogP contribution in [0.5, 0.6) is 0 Å². The van der Waals surface area contributed by atoms with Gasteiger partial charge in [-0.2, -0.15) is 5.10 Å². The van der Waals surface area contributed by atoms with Gasteiger partial charge in [-0.3, -0.25) is 9.48 Å². The summed E-state index contributed by atoms with van der Waals surface area (Å²) in [7, 11) is 0. The molecule has 1 aromatic carbocycles. The number of amides is 1. The first-order valence-corrected chi connectivity index (χ1v) is 9.91. The first-order chi connectivity index (χ1) is 13.2. The van der Waals surface area contributed by atoms with Crippen LogP contribution in [-0.4, -0.2) is 26.7 Å². The van der Waals surface area contributed by atoms with Crippen molar-refractivity contribution in [2.45, 2.75) is 58.5 Å². The van der Waals surface area contributed by atoms with Gasteiger partial charge in [0, 0.05) is 29.2 Å². The van der Waals surface area contributed by atoms with E-state index in [4.69, 9.17) is 4.98 Å². The standard InChI is InChI=1S/C22H26N4O/c1-3-26-15(2)19(14-23-26)21-13-18(17-11-7-8-12-20(17)25-21)22(27)24-16-9-5-4-6-10-16/h7-8,11-14,16H,3-6,9-10H2,1-2H3,(H,24,27). The number of aromatic nitrogens is 3. The number of aryl methyl sites for hydroxylation is 1. The lowest BCUT2D eigenvalue weighted by Crippen LogP contribution is -2.36.